The van der Waals surface area contributed by atoms with Crippen LogP contribution in [0.2, 0.25) is 0 Å². The fraction of sp³-hybridized carbons (Fsp3) is 0.800. The van der Waals surface area contributed by atoms with Crippen LogP contribution in [0, 0.1) is 24.7 Å². The minimum absolute atomic E-state index is 0.880. The Morgan fingerprint density at radius 3 is 1.60 bits per heavy atom. The Morgan fingerprint density at radius 1 is 1.10 bits per heavy atom. The van der Waals surface area contributed by atoms with Crippen LogP contribution in [-0.2, 0) is 0 Å². The third-order valence-electron chi connectivity index (χ3n) is 1.57. The molecule has 0 aliphatic rings. The van der Waals surface area contributed by atoms with Gasteiger partial charge in [-0.3, -0.25) is 0 Å². The van der Waals surface area contributed by atoms with Crippen molar-refractivity contribution in [2.45, 2.75) is 40.5 Å². The summed E-state index contributed by atoms with van der Waals surface area (Å²) >= 11 is 0. The highest BCUT2D eigenvalue weighted by Gasteiger charge is 2.00. The normalized spacial score (nSPS) is 11.9. The zero-order valence-electron chi connectivity index (χ0n) is 7.72. The van der Waals surface area contributed by atoms with E-state index in [0.717, 1.165) is 11.8 Å². The molecule has 0 spiro atoms. The molecule has 0 aromatic heterocycles. The second-order valence-electron chi connectivity index (χ2n) is 3.14. The van der Waals surface area contributed by atoms with E-state index in [2.05, 4.69) is 40.5 Å². The first-order valence-corrected chi connectivity index (χ1v) is 4.00. The van der Waals surface area contributed by atoms with E-state index in [1.165, 1.54) is 12.8 Å². The molecule has 0 saturated carbocycles. The Bertz CT molecular complexity index is 69.4. The zero-order chi connectivity index (χ0) is 8.57. The third-order valence-corrected chi connectivity index (χ3v) is 1.57. The van der Waals surface area contributed by atoms with E-state index in [4.69, 9.17) is 0 Å². The fourth-order valence-electron chi connectivity index (χ4n) is 0.971. The molecule has 0 amide bonds. The van der Waals surface area contributed by atoms with E-state index >= 15 is 0 Å². The lowest BCUT2D eigenvalue weighted by Crippen LogP contribution is -1.97. The highest BCUT2D eigenvalue weighted by atomic mass is 14.1. The van der Waals surface area contributed by atoms with Crippen molar-refractivity contribution in [1.82, 2.24) is 0 Å². The lowest BCUT2D eigenvalue weighted by Gasteiger charge is -2.09. The van der Waals surface area contributed by atoms with Gasteiger partial charge in [0, 0.05) is 0 Å². The van der Waals surface area contributed by atoms with Gasteiger partial charge in [-0.2, -0.15) is 0 Å². The lowest BCUT2D eigenvalue weighted by molar-refractivity contribution is 0.429. The van der Waals surface area contributed by atoms with Crippen molar-refractivity contribution in [2.24, 2.45) is 11.8 Å². The molecular weight excluding hydrogens is 120 g/mol. The minimum atomic E-state index is 0.880. The summed E-state index contributed by atoms with van der Waals surface area (Å²) in [6, 6.07) is 0. The van der Waals surface area contributed by atoms with Crippen LogP contribution in [0.3, 0.4) is 0 Å². The molecule has 0 radical (unpaired) electrons. The van der Waals surface area contributed by atoms with Gasteiger partial charge in [-0.1, -0.05) is 34.1 Å². The average Bonchev–Trinajstić information content (AvgIpc) is 1.91. The van der Waals surface area contributed by atoms with Crippen molar-refractivity contribution in [3.05, 3.63) is 0 Å². The standard InChI is InChI=1S/C8H18.C2H2/c1-5-8(4)6-7(2)3;1-2/h7-8H,5-6H2,1-4H3;1-2H. The smallest absolute Gasteiger partial charge is 0.0443 e. The second-order valence-corrected chi connectivity index (χ2v) is 3.14. The van der Waals surface area contributed by atoms with E-state index in [0.29, 0.717) is 0 Å². The van der Waals surface area contributed by atoms with Gasteiger partial charge in [0.2, 0.25) is 0 Å². The molecule has 0 N–H and O–H groups in total. The largest absolute Gasteiger partial charge is 0.124 e. The lowest BCUT2D eigenvalue weighted by atomic mass is 9.97. The summed E-state index contributed by atoms with van der Waals surface area (Å²) in [7, 11) is 0. The molecule has 0 nitrogen and oxygen atoms in total. The van der Waals surface area contributed by atoms with Crippen LogP contribution < -0.4 is 0 Å². The molecule has 0 aliphatic carbocycles. The Kier molecular flexibility index (Phi) is 10.5. The molecule has 0 fully saturated rings. The van der Waals surface area contributed by atoms with Crippen LogP contribution >= 0.6 is 0 Å². The summed E-state index contributed by atoms with van der Waals surface area (Å²) in [6.07, 6.45) is 10.7. The predicted octanol–water partition coefficient (Wildman–Crippen LogP) is 3.33. The molecule has 0 aromatic rings. The van der Waals surface area contributed by atoms with E-state index in [-0.39, 0.29) is 0 Å². The first-order chi connectivity index (χ1) is 4.66. The Hall–Kier alpha value is -0.440. The molecular formula is C10H20. The summed E-state index contributed by atoms with van der Waals surface area (Å²) in [4.78, 5) is 0. The number of rotatable bonds is 3. The average molecular weight is 140 g/mol. The SMILES string of the molecule is C#C.CCC(C)CC(C)C. The minimum Gasteiger partial charge on any atom is -0.124 e. The van der Waals surface area contributed by atoms with Crippen LogP contribution in [0.15, 0.2) is 0 Å². The maximum Gasteiger partial charge on any atom is -0.0443 e. The summed E-state index contributed by atoms with van der Waals surface area (Å²) in [5, 5.41) is 0. The van der Waals surface area contributed by atoms with Gasteiger partial charge in [-0.25, -0.2) is 0 Å². The van der Waals surface area contributed by atoms with E-state index in [1.54, 1.807) is 0 Å². The van der Waals surface area contributed by atoms with Crippen LogP contribution in [0.5, 0.6) is 0 Å². The van der Waals surface area contributed by atoms with Crippen molar-refractivity contribution in [3.8, 4) is 12.8 Å². The Labute approximate surface area is 66.0 Å². The Morgan fingerprint density at radius 2 is 1.50 bits per heavy atom. The number of hydrogen-bond donors (Lipinski definition) is 0. The highest BCUT2D eigenvalue weighted by molar-refractivity contribution is 4.52. The Balaban J connectivity index is 0. The molecule has 0 saturated heterocycles. The summed E-state index contributed by atoms with van der Waals surface area (Å²) in [5.74, 6) is 1.81. The van der Waals surface area contributed by atoms with Gasteiger partial charge in [-0.15, -0.1) is 12.8 Å². The fourth-order valence-corrected chi connectivity index (χ4v) is 0.971. The molecule has 1 unspecified atom stereocenters. The molecule has 0 rings (SSSR count). The van der Waals surface area contributed by atoms with E-state index in [1.807, 2.05) is 0 Å². The van der Waals surface area contributed by atoms with Gasteiger partial charge >= 0.3 is 0 Å². The third kappa shape index (κ3) is 10.5. The van der Waals surface area contributed by atoms with Gasteiger partial charge < -0.3 is 0 Å². The second kappa shape index (κ2) is 8.56. The van der Waals surface area contributed by atoms with Gasteiger partial charge in [-0.05, 0) is 18.3 Å². The molecule has 60 valence electrons. The van der Waals surface area contributed by atoms with Crippen LogP contribution in [0.1, 0.15) is 40.5 Å². The monoisotopic (exact) mass is 140 g/mol. The van der Waals surface area contributed by atoms with Crippen molar-refractivity contribution < 1.29 is 0 Å². The number of hydrogen-bond acceptors (Lipinski definition) is 0. The maximum absolute atomic E-state index is 4.00. The molecule has 0 heteroatoms. The zero-order valence-corrected chi connectivity index (χ0v) is 7.72. The van der Waals surface area contributed by atoms with E-state index < -0.39 is 0 Å². The highest BCUT2D eigenvalue weighted by Crippen LogP contribution is 2.12. The first kappa shape index (κ1) is 12.3. The van der Waals surface area contributed by atoms with Crippen molar-refractivity contribution in [1.29, 1.82) is 0 Å². The maximum atomic E-state index is 4.00. The molecule has 1 atom stereocenters. The van der Waals surface area contributed by atoms with Crippen LogP contribution in [0.4, 0.5) is 0 Å². The van der Waals surface area contributed by atoms with E-state index in [9.17, 15) is 0 Å². The molecule has 0 bridgehead atoms. The first-order valence-electron chi connectivity index (χ1n) is 4.00. The van der Waals surface area contributed by atoms with Crippen LogP contribution in [0.25, 0.3) is 0 Å². The molecule has 0 aromatic carbocycles. The molecule has 0 heterocycles. The predicted molar refractivity (Wildman–Crippen MR) is 48.8 cm³/mol. The van der Waals surface area contributed by atoms with Gasteiger partial charge in [0.1, 0.15) is 0 Å². The quantitative estimate of drug-likeness (QED) is 0.527. The van der Waals surface area contributed by atoms with Gasteiger partial charge in [0.05, 0.1) is 0 Å². The number of terminal acetylenes is 1. The van der Waals surface area contributed by atoms with Crippen LogP contribution in [-0.4, -0.2) is 0 Å². The van der Waals surface area contributed by atoms with Crippen molar-refractivity contribution in [3.63, 3.8) is 0 Å². The molecule has 0 aliphatic heterocycles. The van der Waals surface area contributed by atoms with Gasteiger partial charge in [0.25, 0.3) is 0 Å². The van der Waals surface area contributed by atoms with Crippen molar-refractivity contribution >= 4 is 0 Å². The summed E-state index contributed by atoms with van der Waals surface area (Å²) in [6.45, 7) is 9.14. The van der Waals surface area contributed by atoms with Crippen molar-refractivity contribution in [2.75, 3.05) is 0 Å². The molecule has 10 heavy (non-hydrogen) atoms. The van der Waals surface area contributed by atoms with Gasteiger partial charge in [0.15, 0.2) is 0 Å². The summed E-state index contributed by atoms with van der Waals surface area (Å²) < 4.78 is 0. The topological polar surface area (TPSA) is 0 Å². The summed E-state index contributed by atoms with van der Waals surface area (Å²) in [5.41, 5.74) is 0.